The molecule has 0 amide bonds. The quantitative estimate of drug-likeness (QED) is 0.228. The fraction of sp³-hybridized carbons (Fsp3) is 0.867. The molecule has 3 unspecified atom stereocenters. The topological polar surface area (TPSA) is 42.9 Å². The smallest absolute Gasteiger partial charge is 0.303 e. The molecule has 1 saturated carbocycles. The Morgan fingerprint density at radius 2 is 1.56 bits per heavy atom. The minimum atomic E-state index is -4.70. The molecule has 0 heterocycles. The Kier molecular flexibility index (Phi) is 6.95. The summed E-state index contributed by atoms with van der Waals surface area (Å²) < 4.78 is 90.3. The van der Waals surface area contributed by atoms with E-state index in [0.717, 1.165) is 12.8 Å². The van der Waals surface area contributed by atoms with Gasteiger partial charge in [-0.1, -0.05) is 12.2 Å². The number of alkyl halides is 6. The maximum absolute atomic E-state index is 12.7. The lowest BCUT2D eigenvalue weighted by molar-refractivity contribution is -0.164. The monoisotopic (exact) mass is 438 g/mol. The van der Waals surface area contributed by atoms with Crippen molar-refractivity contribution >= 4 is 15.9 Å². The van der Waals surface area contributed by atoms with Crippen LogP contribution in [0.15, 0.2) is 16.6 Å². The second-order valence-electron chi connectivity index (χ2n) is 7.97. The van der Waals surface area contributed by atoms with Gasteiger partial charge in [0.05, 0.1) is 0 Å². The van der Waals surface area contributed by atoms with Crippen LogP contribution in [0.1, 0.15) is 12.8 Å². The minimum absolute atomic E-state index is 0.125. The highest BCUT2D eigenvalue weighted by molar-refractivity contribution is 7.55. The summed E-state index contributed by atoms with van der Waals surface area (Å²) >= 11 is 0. The number of allylic oxidation sites excluding steroid dienone is 2. The van der Waals surface area contributed by atoms with Crippen LogP contribution in [0.3, 0.4) is 0 Å². The van der Waals surface area contributed by atoms with Gasteiger partial charge < -0.3 is 9.05 Å². The van der Waals surface area contributed by atoms with Crippen LogP contribution in [-0.2, 0) is 9.05 Å². The van der Waals surface area contributed by atoms with Gasteiger partial charge >= 0.3 is 12.4 Å². The number of hydrogen-bond donors (Lipinski definition) is 1. The van der Waals surface area contributed by atoms with Crippen LogP contribution in [-0.4, -0.2) is 40.3 Å². The maximum Gasteiger partial charge on any atom is 0.412 e. The van der Waals surface area contributed by atoms with Crippen molar-refractivity contribution in [1.29, 1.82) is 0 Å². The van der Waals surface area contributed by atoms with E-state index >= 15 is 0 Å². The first kappa shape index (κ1) is 22.9. The third kappa shape index (κ3) is 7.89. The third-order valence-corrected chi connectivity index (χ3v) is 9.20. The van der Waals surface area contributed by atoms with Gasteiger partial charge in [0, 0.05) is 6.54 Å². The molecule has 0 saturated heterocycles. The summed E-state index contributed by atoms with van der Waals surface area (Å²) in [6.07, 6.45) is -3.41. The molecule has 0 aromatic heterocycles. The highest BCUT2D eigenvalue weighted by atomic mass is 31.2. The average Bonchev–Trinajstić information content (AvgIpc) is 3.08. The van der Waals surface area contributed by atoms with E-state index in [2.05, 4.69) is 21.6 Å². The summed E-state index contributed by atoms with van der Waals surface area (Å²) in [4.78, 5) is 0. The molecule has 4 nitrogen and oxygen atoms in total. The molecule has 158 valence electrons. The van der Waals surface area contributed by atoms with Crippen LogP contribution in [0.5, 0.6) is 0 Å². The van der Waals surface area contributed by atoms with Gasteiger partial charge in [-0.05, 0) is 50.2 Å². The molecule has 27 heavy (non-hydrogen) atoms. The zero-order valence-corrected chi connectivity index (χ0v) is 17.3. The Bertz CT molecular complexity index is 581. The summed E-state index contributed by atoms with van der Waals surface area (Å²) in [5.41, 5.74) is 0. The maximum atomic E-state index is 12.7. The number of fused-ring (bicyclic) bond motifs is 2. The highest BCUT2D eigenvalue weighted by Crippen LogP contribution is 2.53. The SMILES string of the molecule is C[Si](C)(C)N=P(NCC1CC2C=CC1C2)(OCC(F)(F)F)OCC(F)(F)F. The van der Waals surface area contributed by atoms with Crippen molar-refractivity contribution < 1.29 is 35.4 Å². The van der Waals surface area contributed by atoms with Crippen molar-refractivity contribution in [3.63, 3.8) is 0 Å². The van der Waals surface area contributed by atoms with E-state index in [4.69, 9.17) is 9.05 Å². The summed E-state index contributed by atoms with van der Waals surface area (Å²) in [6, 6.07) is 0. The Labute approximate surface area is 156 Å². The van der Waals surface area contributed by atoms with Crippen LogP contribution in [0.4, 0.5) is 26.3 Å². The molecule has 2 bridgehead atoms. The first-order valence-electron chi connectivity index (χ1n) is 8.66. The largest absolute Gasteiger partial charge is 0.412 e. The van der Waals surface area contributed by atoms with E-state index in [1.807, 2.05) is 0 Å². The van der Waals surface area contributed by atoms with Gasteiger partial charge in [0.25, 0.3) is 7.66 Å². The van der Waals surface area contributed by atoms with Crippen LogP contribution in [0.25, 0.3) is 0 Å². The van der Waals surface area contributed by atoms with E-state index in [-0.39, 0.29) is 18.4 Å². The average molecular weight is 438 g/mol. The van der Waals surface area contributed by atoms with E-state index in [1.54, 1.807) is 19.6 Å². The minimum Gasteiger partial charge on any atom is -0.303 e. The normalized spacial score (nSPS) is 26.0. The second kappa shape index (κ2) is 8.18. The Balaban J connectivity index is 2.21. The van der Waals surface area contributed by atoms with Crippen LogP contribution in [0.2, 0.25) is 19.6 Å². The lowest BCUT2D eigenvalue weighted by Gasteiger charge is -2.31. The Morgan fingerprint density at radius 1 is 1.00 bits per heavy atom. The molecule has 0 aromatic carbocycles. The van der Waals surface area contributed by atoms with Crippen LogP contribution >= 0.6 is 7.66 Å². The van der Waals surface area contributed by atoms with Crippen molar-refractivity contribution in [2.45, 2.75) is 44.8 Å². The van der Waals surface area contributed by atoms with Crippen molar-refractivity contribution in [2.75, 3.05) is 19.8 Å². The zero-order chi connectivity index (χ0) is 20.5. The fourth-order valence-corrected chi connectivity index (χ4v) is 8.57. The van der Waals surface area contributed by atoms with Gasteiger partial charge in [-0.15, -0.1) is 0 Å². The number of rotatable bonds is 8. The molecule has 2 aliphatic rings. The molecule has 2 aliphatic carbocycles. The molecule has 0 aliphatic heterocycles. The lowest BCUT2D eigenvalue weighted by atomic mass is 9.94. The van der Waals surface area contributed by atoms with E-state index in [0.29, 0.717) is 5.92 Å². The fourth-order valence-electron chi connectivity index (χ4n) is 3.30. The second-order valence-corrected chi connectivity index (χ2v) is 15.0. The molecule has 3 atom stereocenters. The molecule has 1 fully saturated rings. The van der Waals surface area contributed by atoms with Crippen molar-refractivity contribution in [2.24, 2.45) is 22.2 Å². The number of hydrogen-bond acceptors (Lipinski definition) is 3. The Hall–Kier alpha value is -0.353. The molecular weight excluding hydrogens is 413 g/mol. The zero-order valence-electron chi connectivity index (χ0n) is 15.4. The van der Waals surface area contributed by atoms with Gasteiger partial charge in [0.1, 0.15) is 0 Å². The molecule has 12 heteroatoms. The number of halogens is 6. The molecule has 1 N–H and O–H groups in total. The predicted molar refractivity (Wildman–Crippen MR) is 93.6 cm³/mol. The molecular formula is C15H25F6N2O2PSi. The summed E-state index contributed by atoms with van der Waals surface area (Å²) in [7, 11) is -6.38. The summed E-state index contributed by atoms with van der Waals surface area (Å²) in [6.45, 7) is 1.90. The van der Waals surface area contributed by atoms with Crippen LogP contribution < -0.4 is 5.09 Å². The Morgan fingerprint density at radius 3 is 1.93 bits per heavy atom. The molecule has 0 spiro atoms. The van der Waals surface area contributed by atoms with Gasteiger partial charge in [0.15, 0.2) is 21.4 Å². The first-order chi connectivity index (χ1) is 12.2. The standard InChI is InChI=1S/C15H25F6N2O2PSi/c1-27(2,3)23-26(24-9-14(16,17)18,25-10-15(19,20)21)22-8-13-7-11-4-5-12(13)6-11/h4-5,11-13,22H,6-10H2,1-3H3. The van der Waals surface area contributed by atoms with Gasteiger partial charge in [-0.3, -0.25) is 4.41 Å². The highest BCUT2D eigenvalue weighted by Gasteiger charge is 2.40. The third-order valence-electron chi connectivity index (χ3n) is 4.21. The first-order valence-corrected chi connectivity index (χ1v) is 13.7. The van der Waals surface area contributed by atoms with Crippen LogP contribution in [0, 0.1) is 17.8 Å². The lowest BCUT2D eigenvalue weighted by Crippen LogP contribution is -2.31. The van der Waals surface area contributed by atoms with Crippen molar-refractivity contribution in [1.82, 2.24) is 5.09 Å². The van der Waals surface area contributed by atoms with E-state index < -0.39 is 41.5 Å². The number of nitrogens with zero attached hydrogens (tertiary/aromatic N) is 1. The molecule has 0 aromatic rings. The van der Waals surface area contributed by atoms with Crippen molar-refractivity contribution in [3.8, 4) is 0 Å². The molecule has 2 rings (SSSR count). The summed E-state index contributed by atoms with van der Waals surface area (Å²) in [5.74, 6) is 0.831. The molecule has 0 radical (unpaired) electrons. The predicted octanol–water partition coefficient (Wildman–Crippen LogP) is 5.73. The number of nitrogens with one attached hydrogen (secondary N) is 1. The van der Waals surface area contributed by atoms with Gasteiger partial charge in [-0.2, -0.15) is 26.3 Å². The summed E-state index contributed by atoms with van der Waals surface area (Å²) in [5, 5.41) is 2.76. The van der Waals surface area contributed by atoms with Crippen molar-refractivity contribution in [3.05, 3.63) is 12.2 Å². The van der Waals surface area contributed by atoms with Gasteiger partial charge in [0.2, 0.25) is 0 Å². The van der Waals surface area contributed by atoms with Gasteiger partial charge in [-0.25, -0.2) is 5.09 Å². The van der Waals surface area contributed by atoms with E-state index in [1.165, 1.54) is 0 Å². The van der Waals surface area contributed by atoms with E-state index in [9.17, 15) is 26.3 Å².